The summed E-state index contributed by atoms with van der Waals surface area (Å²) in [6.45, 7) is 6.44. The van der Waals surface area contributed by atoms with Gasteiger partial charge in [-0.15, -0.1) is 0 Å². The maximum Gasteiger partial charge on any atom is 0.0540 e. The first-order valence-electron chi connectivity index (χ1n) is 6.44. The van der Waals surface area contributed by atoms with Crippen molar-refractivity contribution in [1.29, 1.82) is 0 Å². The number of rotatable bonds is 3. The van der Waals surface area contributed by atoms with Crippen molar-refractivity contribution in [3.05, 3.63) is 17.5 Å². The molecule has 1 unspecified atom stereocenters. The molecule has 0 saturated heterocycles. The van der Waals surface area contributed by atoms with E-state index >= 15 is 0 Å². The Morgan fingerprint density at radius 3 is 2.44 bits per heavy atom. The fraction of sp³-hybridized carbons (Fsp3) is 0.769. The fourth-order valence-corrected chi connectivity index (χ4v) is 2.77. The Kier molecular flexibility index (Phi) is 3.33. The molecule has 90 valence electrons. The van der Waals surface area contributed by atoms with Gasteiger partial charge in [-0.1, -0.05) is 12.8 Å². The summed E-state index contributed by atoms with van der Waals surface area (Å²) in [4.78, 5) is 0. The van der Waals surface area contributed by atoms with Crippen LogP contribution in [0.25, 0.3) is 0 Å². The Morgan fingerprint density at radius 2 is 1.94 bits per heavy atom. The van der Waals surface area contributed by atoms with Crippen LogP contribution in [0.3, 0.4) is 0 Å². The standard InChI is InChI=1S/C13H23N3/c1-9(2)16-13(11-6-4-5-7-11)12(8-15-16)10(3)14/h8-11H,4-7,14H2,1-3H3. The smallest absolute Gasteiger partial charge is 0.0540 e. The molecule has 0 aromatic carbocycles. The topological polar surface area (TPSA) is 43.8 Å². The predicted octanol–water partition coefficient (Wildman–Crippen LogP) is 3.14. The lowest BCUT2D eigenvalue weighted by Gasteiger charge is -2.19. The normalized spacial score (nSPS) is 19.6. The van der Waals surface area contributed by atoms with Gasteiger partial charge in [0.15, 0.2) is 0 Å². The van der Waals surface area contributed by atoms with Crippen molar-refractivity contribution in [3.8, 4) is 0 Å². The predicted molar refractivity (Wildman–Crippen MR) is 66.4 cm³/mol. The largest absolute Gasteiger partial charge is 0.324 e. The van der Waals surface area contributed by atoms with Gasteiger partial charge in [-0.05, 0) is 33.6 Å². The summed E-state index contributed by atoms with van der Waals surface area (Å²) in [5, 5.41) is 4.52. The van der Waals surface area contributed by atoms with E-state index in [0.717, 1.165) is 0 Å². The van der Waals surface area contributed by atoms with Crippen LogP contribution in [0.5, 0.6) is 0 Å². The van der Waals surface area contributed by atoms with Gasteiger partial charge in [0.25, 0.3) is 0 Å². The molecule has 0 bridgehead atoms. The number of nitrogens with two attached hydrogens (primary N) is 1. The Morgan fingerprint density at radius 1 is 1.31 bits per heavy atom. The van der Waals surface area contributed by atoms with E-state index in [0.29, 0.717) is 12.0 Å². The Bertz CT molecular complexity index is 321. The van der Waals surface area contributed by atoms with E-state index in [1.165, 1.54) is 36.9 Å². The quantitative estimate of drug-likeness (QED) is 0.852. The molecule has 2 N–H and O–H groups in total. The van der Waals surface area contributed by atoms with Crippen molar-refractivity contribution in [3.63, 3.8) is 0 Å². The van der Waals surface area contributed by atoms with Crippen LogP contribution in [0.1, 0.15) is 75.7 Å². The highest BCUT2D eigenvalue weighted by molar-refractivity contribution is 5.26. The van der Waals surface area contributed by atoms with Crippen LogP contribution < -0.4 is 5.73 Å². The number of nitrogens with zero attached hydrogens (tertiary/aromatic N) is 2. The van der Waals surface area contributed by atoms with E-state index in [9.17, 15) is 0 Å². The molecule has 1 fully saturated rings. The van der Waals surface area contributed by atoms with Crippen LogP contribution in [0.2, 0.25) is 0 Å². The molecule has 1 heterocycles. The summed E-state index contributed by atoms with van der Waals surface area (Å²) >= 11 is 0. The zero-order chi connectivity index (χ0) is 11.7. The third-order valence-corrected chi connectivity index (χ3v) is 3.59. The van der Waals surface area contributed by atoms with E-state index in [1.807, 2.05) is 6.20 Å². The van der Waals surface area contributed by atoms with E-state index in [1.54, 1.807) is 0 Å². The summed E-state index contributed by atoms with van der Waals surface area (Å²) in [6, 6.07) is 0.534. The second-order valence-corrected chi connectivity index (χ2v) is 5.29. The first kappa shape index (κ1) is 11.6. The van der Waals surface area contributed by atoms with Gasteiger partial charge in [0, 0.05) is 29.3 Å². The van der Waals surface area contributed by atoms with E-state index in [4.69, 9.17) is 5.73 Å². The van der Waals surface area contributed by atoms with Crippen molar-refractivity contribution in [2.24, 2.45) is 5.73 Å². The minimum Gasteiger partial charge on any atom is -0.324 e. The van der Waals surface area contributed by atoms with Gasteiger partial charge < -0.3 is 5.73 Å². The molecule has 3 heteroatoms. The lowest BCUT2D eigenvalue weighted by molar-refractivity contribution is 0.482. The van der Waals surface area contributed by atoms with Gasteiger partial charge in [0.05, 0.1) is 6.20 Å². The summed E-state index contributed by atoms with van der Waals surface area (Å²) in [5.41, 5.74) is 8.70. The molecular formula is C13H23N3. The zero-order valence-electron chi connectivity index (χ0n) is 10.6. The third kappa shape index (κ3) is 2.01. The average molecular weight is 221 g/mol. The highest BCUT2D eigenvalue weighted by Crippen LogP contribution is 2.38. The van der Waals surface area contributed by atoms with E-state index in [-0.39, 0.29) is 6.04 Å². The van der Waals surface area contributed by atoms with Gasteiger partial charge in [-0.3, -0.25) is 4.68 Å². The van der Waals surface area contributed by atoms with Crippen molar-refractivity contribution >= 4 is 0 Å². The van der Waals surface area contributed by atoms with Crippen LogP contribution in [0.15, 0.2) is 6.20 Å². The van der Waals surface area contributed by atoms with Gasteiger partial charge in [-0.2, -0.15) is 5.10 Å². The Balaban J connectivity index is 2.40. The van der Waals surface area contributed by atoms with Crippen LogP contribution >= 0.6 is 0 Å². The maximum absolute atomic E-state index is 6.04. The minimum atomic E-state index is 0.100. The summed E-state index contributed by atoms with van der Waals surface area (Å²) in [7, 11) is 0. The first-order valence-corrected chi connectivity index (χ1v) is 6.44. The minimum absolute atomic E-state index is 0.100. The van der Waals surface area contributed by atoms with E-state index in [2.05, 4.69) is 30.6 Å². The Labute approximate surface area is 98.0 Å². The molecule has 1 aliphatic rings. The van der Waals surface area contributed by atoms with Crippen molar-refractivity contribution in [1.82, 2.24) is 9.78 Å². The van der Waals surface area contributed by atoms with Gasteiger partial charge in [0.2, 0.25) is 0 Å². The summed E-state index contributed by atoms with van der Waals surface area (Å²) in [5.74, 6) is 0.686. The van der Waals surface area contributed by atoms with Crippen LogP contribution in [-0.4, -0.2) is 9.78 Å². The van der Waals surface area contributed by atoms with Crippen LogP contribution in [-0.2, 0) is 0 Å². The average Bonchev–Trinajstić information content (AvgIpc) is 2.85. The lowest BCUT2D eigenvalue weighted by Crippen LogP contribution is -2.14. The molecule has 1 aromatic rings. The second-order valence-electron chi connectivity index (χ2n) is 5.29. The zero-order valence-corrected chi connectivity index (χ0v) is 10.6. The van der Waals surface area contributed by atoms with Gasteiger partial charge >= 0.3 is 0 Å². The fourth-order valence-electron chi connectivity index (χ4n) is 2.77. The van der Waals surface area contributed by atoms with E-state index < -0.39 is 0 Å². The molecule has 0 radical (unpaired) electrons. The molecule has 1 saturated carbocycles. The van der Waals surface area contributed by atoms with Gasteiger partial charge in [0.1, 0.15) is 0 Å². The summed E-state index contributed by atoms with van der Waals surface area (Å²) in [6.07, 6.45) is 7.28. The first-order chi connectivity index (χ1) is 7.61. The molecule has 1 aromatic heterocycles. The highest BCUT2D eigenvalue weighted by Gasteiger charge is 2.26. The molecule has 16 heavy (non-hydrogen) atoms. The molecule has 2 rings (SSSR count). The highest BCUT2D eigenvalue weighted by atomic mass is 15.3. The molecule has 0 aliphatic heterocycles. The monoisotopic (exact) mass is 221 g/mol. The van der Waals surface area contributed by atoms with Crippen molar-refractivity contribution < 1.29 is 0 Å². The number of aromatic nitrogens is 2. The molecular weight excluding hydrogens is 198 g/mol. The van der Waals surface area contributed by atoms with Crippen LogP contribution in [0, 0.1) is 0 Å². The molecule has 0 amide bonds. The Hall–Kier alpha value is -0.830. The van der Waals surface area contributed by atoms with Crippen molar-refractivity contribution in [2.45, 2.75) is 64.5 Å². The summed E-state index contributed by atoms with van der Waals surface area (Å²) < 4.78 is 2.18. The lowest BCUT2D eigenvalue weighted by atomic mass is 9.97. The van der Waals surface area contributed by atoms with Crippen molar-refractivity contribution in [2.75, 3.05) is 0 Å². The molecule has 1 aliphatic carbocycles. The molecule has 0 spiro atoms. The maximum atomic E-state index is 6.04. The SMILES string of the molecule is CC(N)c1cnn(C(C)C)c1C1CCCC1. The third-order valence-electron chi connectivity index (χ3n) is 3.59. The second kappa shape index (κ2) is 4.58. The molecule has 3 nitrogen and oxygen atoms in total. The van der Waals surface area contributed by atoms with Gasteiger partial charge in [-0.25, -0.2) is 0 Å². The van der Waals surface area contributed by atoms with Crippen LogP contribution in [0.4, 0.5) is 0 Å². The number of hydrogen-bond acceptors (Lipinski definition) is 2. The molecule has 1 atom stereocenters. The number of hydrogen-bond donors (Lipinski definition) is 1.